The number of aromatic nitrogens is 5. The maximum Gasteiger partial charge on any atom is 0.237 e. The first-order valence-electron chi connectivity index (χ1n) is 11.7. The number of hydrogen-bond donors (Lipinski definition) is 1. The lowest BCUT2D eigenvalue weighted by atomic mass is 10.1. The Hall–Kier alpha value is -3.82. The highest BCUT2D eigenvalue weighted by molar-refractivity contribution is 5.78. The lowest BCUT2D eigenvalue weighted by Gasteiger charge is -2.24. The Morgan fingerprint density at radius 2 is 1.91 bits per heavy atom. The van der Waals surface area contributed by atoms with Gasteiger partial charge in [0.1, 0.15) is 0 Å². The molecular weight excluding hydrogens is 442 g/mol. The quantitative estimate of drug-likeness (QED) is 0.425. The molecule has 0 saturated carbocycles. The van der Waals surface area contributed by atoms with E-state index >= 15 is 0 Å². The molecule has 1 aromatic carbocycles. The molecule has 35 heavy (non-hydrogen) atoms. The zero-order valence-corrected chi connectivity index (χ0v) is 19.7. The number of benzene rings is 1. The standard InChI is InChI=1S/C26H29N7O2/c1-31-13-21(11-29-31)14-33-17-24(35-19-20-6-5-9-27-10-20)16-32(18-25(33)34)15-23-12-28-30-26(23)22-7-3-2-4-8-22/h2-13,24H,14-19H2,1H3,(H,28,30). The van der Waals surface area contributed by atoms with E-state index in [2.05, 4.69) is 37.3 Å². The average molecular weight is 472 g/mol. The van der Waals surface area contributed by atoms with Gasteiger partial charge in [0.2, 0.25) is 5.91 Å². The summed E-state index contributed by atoms with van der Waals surface area (Å²) in [5.41, 5.74) is 5.11. The highest BCUT2D eigenvalue weighted by Crippen LogP contribution is 2.23. The summed E-state index contributed by atoms with van der Waals surface area (Å²) in [6.07, 6.45) is 9.00. The van der Waals surface area contributed by atoms with Gasteiger partial charge >= 0.3 is 0 Å². The molecule has 1 unspecified atom stereocenters. The zero-order chi connectivity index (χ0) is 24.0. The minimum Gasteiger partial charge on any atom is -0.370 e. The monoisotopic (exact) mass is 471 g/mol. The summed E-state index contributed by atoms with van der Waals surface area (Å²) in [7, 11) is 1.88. The Balaban J connectivity index is 1.34. The van der Waals surface area contributed by atoms with Crippen LogP contribution in [0.15, 0.2) is 73.4 Å². The molecule has 3 aromatic heterocycles. The second-order valence-corrected chi connectivity index (χ2v) is 8.90. The topological polar surface area (TPSA) is 92.2 Å². The molecule has 1 fully saturated rings. The third-order valence-electron chi connectivity index (χ3n) is 6.11. The Bertz CT molecular complexity index is 1240. The summed E-state index contributed by atoms with van der Waals surface area (Å²) < 4.78 is 8.07. The molecule has 0 spiro atoms. The van der Waals surface area contributed by atoms with E-state index in [1.165, 1.54) is 0 Å². The molecule has 0 radical (unpaired) electrons. The van der Waals surface area contributed by atoms with Crippen molar-refractivity contribution in [3.63, 3.8) is 0 Å². The Morgan fingerprint density at radius 3 is 2.69 bits per heavy atom. The molecule has 4 heterocycles. The van der Waals surface area contributed by atoms with Crippen molar-refractivity contribution in [3.8, 4) is 11.3 Å². The van der Waals surface area contributed by atoms with Gasteiger partial charge < -0.3 is 9.64 Å². The largest absolute Gasteiger partial charge is 0.370 e. The summed E-state index contributed by atoms with van der Waals surface area (Å²) in [5.74, 6) is 0.0751. The van der Waals surface area contributed by atoms with Gasteiger partial charge in [-0.1, -0.05) is 36.4 Å². The molecule has 0 aliphatic carbocycles. The number of carbonyl (C=O) groups excluding carboxylic acids is 1. The fourth-order valence-corrected chi connectivity index (χ4v) is 4.43. The number of carbonyl (C=O) groups is 1. The minimum absolute atomic E-state index is 0.0751. The van der Waals surface area contributed by atoms with E-state index in [0.717, 1.165) is 27.9 Å². The number of ether oxygens (including phenoxy) is 1. The lowest BCUT2D eigenvalue weighted by Crippen LogP contribution is -2.37. The molecule has 1 atom stereocenters. The van der Waals surface area contributed by atoms with Crippen LogP contribution in [0.3, 0.4) is 0 Å². The van der Waals surface area contributed by atoms with Crippen molar-refractivity contribution in [3.05, 3.63) is 90.1 Å². The fourth-order valence-electron chi connectivity index (χ4n) is 4.43. The first-order chi connectivity index (χ1) is 17.1. The van der Waals surface area contributed by atoms with Gasteiger partial charge in [-0.25, -0.2) is 0 Å². The molecule has 1 aliphatic rings. The highest BCUT2D eigenvalue weighted by Gasteiger charge is 2.29. The van der Waals surface area contributed by atoms with E-state index in [0.29, 0.717) is 39.3 Å². The van der Waals surface area contributed by atoms with Crippen molar-refractivity contribution in [2.45, 2.75) is 25.8 Å². The van der Waals surface area contributed by atoms with Crippen molar-refractivity contribution in [2.75, 3.05) is 19.6 Å². The van der Waals surface area contributed by atoms with Crippen LogP contribution in [0.1, 0.15) is 16.7 Å². The summed E-state index contributed by atoms with van der Waals surface area (Å²) in [6, 6.07) is 14.0. The van der Waals surface area contributed by atoms with Crippen LogP contribution in [0, 0.1) is 0 Å². The predicted molar refractivity (Wildman–Crippen MR) is 131 cm³/mol. The number of nitrogens with one attached hydrogen (secondary N) is 1. The first kappa shape index (κ1) is 22.9. The number of aryl methyl sites for hydroxylation is 1. The van der Waals surface area contributed by atoms with Crippen LogP contribution in [0.4, 0.5) is 0 Å². The van der Waals surface area contributed by atoms with E-state index in [1.54, 1.807) is 17.1 Å². The number of aromatic amines is 1. The summed E-state index contributed by atoms with van der Waals surface area (Å²) in [5, 5.41) is 11.6. The highest BCUT2D eigenvalue weighted by atomic mass is 16.5. The van der Waals surface area contributed by atoms with E-state index in [4.69, 9.17) is 4.74 Å². The van der Waals surface area contributed by atoms with Crippen molar-refractivity contribution in [1.29, 1.82) is 0 Å². The normalized spacial score (nSPS) is 17.0. The molecular formula is C26H29N7O2. The molecule has 1 aliphatic heterocycles. The number of hydrogen-bond acceptors (Lipinski definition) is 6. The summed E-state index contributed by atoms with van der Waals surface area (Å²) in [4.78, 5) is 21.5. The van der Waals surface area contributed by atoms with Gasteiger partial charge in [-0.15, -0.1) is 0 Å². The molecule has 9 heteroatoms. The van der Waals surface area contributed by atoms with Gasteiger partial charge in [0.25, 0.3) is 0 Å². The maximum absolute atomic E-state index is 13.3. The molecule has 5 rings (SSSR count). The lowest BCUT2D eigenvalue weighted by molar-refractivity contribution is -0.132. The summed E-state index contributed by atoms with van der Waals surface area (Å²) in [6.45, 7) is 3.01. The molecule has 1 N–H and O–H groups in total. The van der Waals surface area contributed by atoms with Gasteiger partial charge in [-0.2, -0.15) is 10.2 Å². The molecule has 9 nitrogen and oxygen atoms in total. The molecule has 180 valence electrons. The van der Waals surface area contributed by atoms with Gasteiger partial charge in [-0.3, -0.25) is 24.5 Å². The van der Waals surface area contributed by atoms with Crippen LogP contribution in [0.2, 0.25) is 0 Å². The smallest absolute Gasteiger partial charge is 0.237 e. The number of pyridine rings is 1. The SMILES string of the molecule is Cn1cc(CN2CC(OCc3cccnc3)CN(Cc3cn[nH]c3-c3ccccc3)CC2=O)cn1. The zero-order valence-electron chi connectivity index (χ0n) is 19.7. The van der Waals surface area contributed by atoms with Gasteiger partial charge in [0, 0.05) is 62.9 Å². The average Bonchev–Trinajstić information content (AvgIpc) is 3.48. The van der Waals surface area contributed by atoms with Crippen LogP contribution in [0.5, 0.6) is 0 Å². The van der Waals surface area contributed by atoms with Crippen LogP contribution < -0.4 is 0 Å². The second kappa shape index (κ2) is 10.6. The van der Waals surface area contributed by atoms with Gasteiger partial charge in [0.15, 0.2) is 0 Å². The van der Waals surface area contributed by atoms with Crippen LogP contribution >= 0.6 is 0 Å². The number of amides is 1. The third-order valence-corrected chi connectivity index (χ3v) is 6.11. The van der Waals surface area contributed by atoms with E-state index in [1.807, 2.05) is 60.9 Å². The molecule has 1 saturated heterocycles. The van der Waals surface area contributed by atoms with E-state index < -0.39 is 0 Å². The minimum atomic E-state index is -0.148. The van der Waals surface area contributed by atoms with Crippen LogP contribution in [0.25, 0.3) is 11.3 Å². The number of nitrogens with zero attached hydrogens (tertiary/aromatic N) is 6. The van der Waals surface area contributed by atoms with Crippen molar-refractivity contribution in [1.82, 2.24) is 34.8 Å². The predicted octanol–water partition coefficient (Wildman–Crippen LogP) is 2.64. The van der Waals surface area contributed by atoms with Gasteiger partial charge in [-0.05, 0) is 17.2 Å². The van der Waals surface area contributed by atoms with Crippen molar-refractivity contribution in [2.24, 2.45) is 7.05 Å². The van der Waals surface area contributed by atoms with Crippen molar-refractivity contribution >= 4 is 5.91 Å². The fraction of sp³-hybridized carbons (Fsp3) is 0.308. The number of rotatable bonds is 8. The Labute approximate surface area is 204 Å². The first-order valence-corrected chi connectivity index (χ1v) is 11.7. The van der Waals surface area contributed by atoms with Crippen molar-refractivity contribution < 1.29 is 9.53 Å². The molecule has 4 aromatic rings. The van der Waals surface area contributed by atoms with E-state index in [9.17, 15) is 4.79 Å². The number of H-pyrrole nitrogens is 1. The second-order valence-electron chi connectivity index (χ2n) is 8.90. The Kier molecular flexibility index (Phi) is 6.97. The van der Waals surface area contributed by atoms with Crippen LogP contribution in [-0.2, 0) is 36.3 Å². The van der Waals surface area contributed by atoms with E-state index in [-0.39, 0.29) is 12.0 Å². The maximum atomic E-state index is 13.3. The molecule has 1 amide bonds. The molecule has 0 bridgehead atoms. The Morgan fingerprint density at radius 1 is 1.03 bits per heavy atom. The van der Waals surface area contributed by atoms with Crippen LogP contribution in [-0.4, -0.2) is 66.4 Å². The third kappa shape index (κ3) is 5.82. The van der Waals surface area contributed by atoms with Gasteiger partial charge in [0.05, 0.1) is 37.3 Å². The summed E-state index contributed by atoms with van der Waals surface area (Å²) >= 11 is 0.